The lowest BCUT2D eigenvalue weighted by Crippen LogP contribution is -2.19. The number of hydrogen-bond donors (Lipinski definition) is 1. The summed E-state index contributed by atoms with van der Waals surface area (Å²) in [5.41, 5.74) is 4.69. The highest BCUT2D eigenvalue weighted by atomic mass is 16.5. The van der Waals surface area contributed by atoms with Gasteiger partial charge in [0, 0.05) is 5.56 Å². The predicted molar refractivity (Wildman–Crippen MR) is 98.4 cm³/mol. The Balaban J connectivity index is 2.24. The van der Waals surface area contributed by atoms with Crippen LogP contribution >= 0.6 is 0 Å². The highest BCUT2D eigenvalue weighted by Crippen LogP contribution is 2.49. The quantitative estimate of drug-likeness (QED) is 0.552. The van der Waals surface area contributed by atoms with Gasteiger partial charge in [0.1, 0.15) is 6.07 Å². The molecule has 1 heterocycles. The van der Waals surface area contributed by atoms with Gasteiger partial charge in [-0.1, -0.05) is 53.7 Å². The molecule has 3 rings (SSSR count). The largest absolute Gasteiger partial charge is 0.453 e. The highest BCUT2D eigenvalue weighted by molar-refractivity contribution is 5.81. The molecule has 1 N–H and O–H groups in total. The number of rotatable bonds is 0. The van der Waals surface area contributed by atoms with E-state index in [1.54, 1.807) is 6.07 Å². The number of ether oxygens (including phenoxy) is 1. The molecular formula is C21H24N2O. The fourth-order valence-electron chi connectivity index (χ4n) is 2.90. The van der Waals surface area contributed by atoms with E-state index in [1.165, 1.54) is 11.1 Å². The molecule has 0 aromatic heterocycles. The molecule has 0 bridgehead atoms. The second-order valence-corrected chi connectivity index (χ2v) is 8.42. The lowest BCUT2D eigenvalue weighted by molar-refractivity contribution is 0.452. The zero-order valence-corrected chi connectivity index (χ0v) is 15.2. The van der Waals surface area contributed by atoms with Crippen molar-refractivity contribution in [2.45, 2.75) is 52.4 Å². The molecule has 1 aliphatic rings. The van der Waals surface area contributed by atoms with E-state index in [1.807, 2.05) is 12.1 Å². The molecule has 0 saturated heterocycles. The minimum atomic E-state index is -0.0443. The summed E-state index contributed by atoms with van der Waals surface area (Å²) < 4.78 is 6.23. The van der Waals surface area contributed by atoms with Crippen molar-refractivity contribution in [3.63, 3.8) is 0 Å². The monoisotopic (exact) mass is 320 g/mol. The first-order valence-corrected chi connectivity index (χ1v) is 8.28. The number of nitrogens with one attached hydrogen (secondary N) is 1. The first kappa shape index (κ1) is 16.4. The fourth-order valence-corrected chi connectivity index (χ4v) is 2.90. The van der Waals surface area contributed by atoms with Gasteiger partial charge in [0.15, 0.2) is 11.5 Å². The van der Waals surface area contributed by atoms with Crippen LogP contribution in [0.25, 0.3) is 0 Å². The number of nitrogens with zero attached hydrogens (tertiary/aromatic N) is 1. The van der Waals surface area contributed by atoms with E-state index < -0.39 is 0 Å². The van der Waals surface area contributed by atoms with Crippen molar-refractivity contribution in [3.8, 4) is 17.6 Å². The smallest absolute Gasteiger partial charge is 0.154 e. The van der Waals surface area contributed by atoms with Crippen LogP contribution in [0.5, 0.6) is 11.5 Å². The molecule has 1 aliphatic heterocycles. The van der Waals surface area contributed by atoms with Gasteiger partial charge < -0.3 is 10.1 Å². The maximum Gasteiger partial charge on any atom is 0.154 e. The minimum Gasteiger partial charge on any atom is -0.453 e. The Labute approximate surface area is 144 Å². The third-order valence-corrected chi connectivity index (χ3v) is 4.38. The van der Waals surface area contributed by atoms with Crippen LogP contribution in [-0.2, 0) is 10.8 Å². The summed E-state index contributed by atoms with van der Waals surface area (Å²) in [5, 5.41) is 12.8. The maximum absolute atomic E-state index is 9.36. The maximum atomic E-state index is 9.36. The summed E-state index contributed by atoms with van der Waals surface area (Å²) in [4.78, 5) is 0. The number of para-hydroxylation sites is 1. The zero-order chi connectivity index (χ0) is 17.7. The van der Waals surface area contributed by atoms with Crippen molar-refractivity contribution in [1.82, 2.24) is 0 Å². The Hall–Kier alpha value is -2.47. The van der Waals surface area contributed by atoms with Crippen LogP contribution in [0.3, 0.4) is 0 Å². The summed E-state index contributed by atoms with van der Waals surface area (Å²) in [6.45, 7) is 13.2. The van der Waals surface area contributed by atoms with Gasteiger partial charge in [-0.25, -0.2) is 0 Å². The van der Waals surface area contributed by atoms with Crippen molar-refractivity contribution in [1.29, 1.82) is 5.26 Å². The predicted octanol–water partition coefficient (Wildman–Crippen LogP) is 6.00. The van der Waals surface area contributed by atoms with E-state index in [0.717, 1.165) is 17.1 Å². The third-order valence-electron chi connectivity index (χ3n) is 4.38. The summed E-state index contributed by atoms with van der Waals surface area (Å²) in [6, 6.07) is 12.2. The van der Waals surface area contributed by atoms with Gasteiger partial charge in [-0.05, 0) is 34.6 Å². The van der Waals surface area contributed by atoms with Crippen molar-refractivity contribution < 1.29 is 4.74 Å². The van der Waals surface area contributed by atoms with Gasteiger partial charge in [0.05, 0.1) is 16.9 Å². The molecule has 3 nitrogen and oxygen atoms in total. The molecule has 0 atom stereocenters. The third kappa shape index (κ3) is 2.73. The second kappa shape index (κ2) is 5.27. The standard InChI is InChI=1S/C21H24N2O/c1-20(2,3)14-10-15(21(4,5)6)19-16(11-14)23-18-13(12-22)8-7-9-17(18)24-19/h7-11,23H,1-6H3. The Morgan fingerprint density at radius 2 is 1.71 bits per heavy atom. The average molecular weight is 320 g/mol. The Morgan fingerprint density at radius 1 is 1.00 bits per heavy atom. The SMILES string of the molecule is CC(C)(C)c1cc2c(c(C(C)(C)C)c1)Oc1cccc(C#N)c1N2. The molecule has 0 amide bonds. The molecule has 2 aromatic rings. The minimum absolute atomic E-state index is 0.0335. The normalized spacial score (nSPS) is 13.2. The summed E-state index contributed by atoms with van der Waals surface area (Å²) >= 11 is 0. The lowest BCUT2D eigenvalue weighted by Gasteiger charge is -2.32. The molecule has 0 radical (unpaired) electrons. The van der Waals surface area contributed by atoms with Crippen LogP contribution in [-0.4, -0.2) is 0 Å². The number of hydrogen-bond acceptors (Lipinski definition) is 3. The molecule has 3 heteroatoms. The molecule has 24 heavy (non-hydrogen) atoms. The molecule has 0 saturated carbocycles. The average Bonchev–Trinajstić information content (AvgIpc) is 2.49. The van der Waals surface area contributed by atoms with Crippen LogP contribution in [0.4, 0.5) is 11.4 Å². The van der Waals surface area contributed by atoms with Crippen molar-refractivity contribution in [2.75, 3.05) is 5.32 Å². The Bertz CT molecular complexity index is 846. The van der Waals surface area contributed by atoms with Gasteiger partial charge in [-0.2, -0.15) is 5.26 Å². The molecule has 0 unspecified atom stereocenters. The molecular weight excluding hydrogens is 296 g/mol. The Morgan fingerprint density at radius 3 is 2.29 bits per heavy atom. The van der Waals surface area contributed by atoms with Gasteiger partial charge in [-0.3, -0.25) is 0 Å². The zero-order valence-electron chi connectivity index (χ0n) is 15.2. The number of anilines is 2. The van der Waals surface area contributed by atoms with Crippen molar-refractivity contribution in [3.05, 3.63) is 47.0 Å². The van der Waals surface area contributed by atoms with E-state index in [9.17, 15) is 5.26 Å². The Kier molecular flexibility index (Phi) is 3.60. The van der Waals surface area contributed by atoms with E-state index in [0.29, 0.717) is 11.3 Å². The van der Waals surface area contributed by atoms with Crippen LogP contribution in [0.2, 0.25) is 0 Å². The molecule has 124 valence electrons. The molecule has 2 aromatic carbocycles. The van der Waals surface area contributed by atoms with Crippen LogP contribution < -0.4 is 10.1 Å². The number of fused-ring (bicyclic) bond motifs is 2. The molecule has 0 spiro atoms. The van der Waals surface area contributed by atoms with E-state index in [-0.39, 0.29) is 10.8 Å². The first-order valence-electron chi connectivity index (χ1n) is 8.28. The molecule has 0 fully saturated rings. The summed E-state index contributed by atoms with van der Waals surface area (Å²) in [5.74, 6) is 1.56. The second-order valence-electron chi connectivity index (χ2n) is 8.42. The van der Waals surface area contributed by atoms with Gasteiger partial charge in [0.25, 0.3) is 0 Å². The first-order chi connectivity index (χ1) is 11.1. The van der Waals surface area contributed by atoms with Crippen molar-refractivity contribution >= 4 is 11.4 Å². The summed E-state index contributed by atoms with van der Waals surface area (Å²) in [6.07, 6.45) is 0. The molecule has 0 aliphatic carbocycles. The van der Waals surface area contributed by atoms with Gasteiger partial charge in [-0.15, -0.1) is 0 Å². The number of benzene rings is 2. The van der Waals surface area contributed by atoms with Gasteiger partial charge in [0.2, 0.25) is 0 Å². The van der Waals surface area contributed by atoms with E-state index >= 15 is 0 Å². The van der Waals surface area contributed by atoms with E-state index in [2.05, 4.69) is 65.1 Å². The lowest BCUT2D eigenvalue weighted by atomic mass is 9.79. The van der Waals surface area contributed by atoms with Crippen LogP contribution in [0.1, 0.15) is 58.2 Å². The highest BCUT2D eigenvalue weighted by Gasteiger charge is 2.29. The van der Waals surface area contributed by atoms with Gasteiger partial charge >= 0.3 is 0 Å². The fraction of sp³-hybridized carbons (Fsp3) is 0.381. The summed E-state index contributed by atoms with van der Waals surface area (Å²) in [7, 11) is 0. The topological polar surface area (TPSA) is 45.0 Å². The van der Waals surface area contributed by atoms with E-state index in [4.69, 9.17) is 4.74 Å². The van der Waals surface area contributed by atoms with Crippen molar-refractivity contribution in [2.24, 2.45) is 0 Å². The number of nitriles is 1. The van der Waals surface area contributed by atoms with Crippen LogP contribution in [0, 0.1) is 11.3 Å². The van der Waals surface area contributed by atoms with Crippen LogP contribution in [0.15, 0.2) is 30.3 Å².